The zero-order valence-corrected chi connectivity index (χ0v) is 14.8. The average molecular weight is 340 g/mol. The highest BCUT2D eigenvalue weighted by Gasteiger charge is 2.64. The van der Waals surface area contributed by atoms with Gasteiger partial charge in [-0.15, -0.1) is 12.4 Å². The Balaban J connectivity index is 0.00000192. The van der Waals surface area contributed by atoms with Crippen molar-refractivity contribution in [3.63, 3.8) is 0 Å². The lowest BCUT2D eigenvalue weighted by atomic mass is 9.43. The summed E-state index contributed by atoms with van der Waals surface area (Å²) in [6, 6.07) is 9.44. The van der Waals surface area contributed by atoms with Crippen LogP contribution in [0.4, 0.5) is 0 Å². The van der Waals surface area contributed by atoms with Crippen LogP contribution in [0.15, 0.2) is 30.3 Å². The Morgan fingerprint density at radius 2 is 1.83 bits per heavy atom. The Morgan fingerprint density at radius 1 is 1.22 bits per heavy atom. The highest BCUT2D eigenvalue weighted by molar-refractivity contribution is 6.44. The second-order valence-corrected chi connectivity index (χ2v) is 7.69. The van der Waals surface area contributed by atoms with Gasteiger partial charge in [-0.1, -0.05) is 44.2 Å². The largest absolute Gasteiger partial charge is 0.477 e. The van der Waals surface area contributed by atoms with Crippen LogP contribution in [0, 0.1) is 17.3 Å². The molecular weight excluding hydrogens is 312 g/mol. The van der Waals surface area contributed by atoms with Crippen molar-refractivity contribution >= 4 is 19.5 Å². The SMILES string of the molecule is CC1(C)[C@@H]2C[C@H]1[C@@](C)(OB(O)[C@H](N)c1ccccc1)[C@@H](O)C2.Cl. The molecule has 6 heteroatoms. The molecule has 3 saturated carbocycles. The molecule has 4 rings (SSSR count). The lowest BCUT2D eigenvalue weighted by Crippen LogP contribution is -2.68. The summed E-state index contributed by atoms with van der Waals surface area (Å²) in [5.74, 6) is 0.168. The van der Waals surface area contributed by atoms with Gasteiger partial charge in [-0.25, -0.2) is 0 Å². The maximum absolute atomic E-state index is 10.5. The van der Waals surface area contributed by atoms with Gasteiger partial charge < -0.3 is 20.5 Å². The summed E-state index contributed by atoms with van der Waals surface area (Å²) in [6.45, 7) is 6.37. The van der Waals surface area contributed by atoms with Crippen molar-refractivity contribution in [1.29, 1.82) is 0 Å². The lowest BCUT2D eigenvalue weighted by Gasteiger charge is -2.66. The molecule has 4 nitrogen and oxygen atoms in total. The first-order valence-electron chi connectivity index (χ1n) is 8.11. The van der Waals surface area contributed by atoms with E-state index in [1.54, 1.807) is 0 Å². The van der Waals surface area contributed by atoms with E-state index in [9.17, 15) is 10.1 Å². The summed E-state index contributed by atoms with van der Waals surface area (Å²) in [4.78, 5) is 0. The summed E-state index contributed by atoms with van der Waals surface area (Å²) in [6.07, 6.45) is 1.23. The minimum Gasteiger partial charge on any atom is -0.426 e. The molecule has 0 heterocycles. The third kappa shape index (κ3) is 2.94. The molecule has 23 heavy (non-hydrogen) atoms. The molecule has 1 aromatic carbocycles. The van der Waals surface area contributed by atoms with Gasteiger partial charge in [-0.2, -0.15) is 0 Å². The van der Waals surface area contributed by atoms with Gasteiger partial charge in [-0.3, -0.25) is 0 Å². The third-order valence-corrected chi connectivity index (χ3v) is 6.20. The number of rotatable bonds is 4. The van der Waals surface area contributed by atoms with Gasteiger partial charge in [0, 0.05) is 0 Å². The third-order valence-electron chi connectivity index (χ3n) is 6.20. The van der Waals surface area contributed by atoms with E-state index in [1.165, 1.54) is 0 Å². The van der Waals surface area contributed by atoms with E-state index >= 15 is 0 Å². The van der Waals surface area contributed by atoms with Gasteiger partial charge in [0.05, 0.1) is 17.6 Å². The molecule has 3 aliphatic rings. The Morgan fingerprint density at radius 3 is 2.39 bits per heavy atom. The van der Waals surface area contributed by atoms with E-state index in [0.717, 1.165) is 18.4 Å². The molecule has 0 spiro atoms. The second-order valence-electron chi connectivity index (χ2n) is 7.69. The van der Waals surface area contributed by atoms with Gasteiger partial charge in [0.25, 0.3) is 0 Å². The molecule has 3 fully saturated rings. The number of aliphatic hydroxyl groups is 1. The van der Waals surface area contributed by atoms with E-state index in [0.29, 0.717) is 5.92 Å². The molecule has 0 unspecified atom stereocenters. The molecule has 128 valence electrons. The average Bonchev–Trinajstić information content (AvgIpc) is 2.49. The fourth-order valence-electron chi connectivity index (χ4n) is 4.46. The molecule has 0 aromatic heterocycles. The Kier molecular flexibility index (Phi) is 5.20. The lowest BCUT2D eigenvalue weighted by molar-refractivity contribution is -0.239. The maximum Gasteiger partial charge on any atom is 0.477 e. The topological polar surface area (TPSA) is 75.7 Å². The Labute approximate surface area is 145 Å². The fourth-order valence-corrected chi connectivity index (χ4v) is 4.46. The highest BCUT2D eigenvalue weighted by Crippen LogP contribution is 2.63. The van der Waals surface area contributed by atoms with Crippen molar-refractivity contribution < 1.29 is 14.8 Å². The van der Waals surface area contributed by atoms with E-state index in [2.05, 4.69) is 13.8 Å². The number of hydrogen-bond acceptors (Lipinski definition) is 4. The summed E-state index contributed by atoms with van der Waals surface area (Å²) >= 11 is 0. The van der Waals surface area contributed by atoms with Crippen LogP contribution in [0.2, 0.25) is 0 Å². The highest BCUT2D eigenvalue weighted by atomic mass is 35.5. The number of aliphatic hydroxyl groups excluding tert-OH is 1. The van der Waals surface area contributed by atoms with Gasteiger partial charge >= 0.3 is 7.12 Å². The molecule has 0 saturated heterocycles. The van der Waals surface area contributed by atoms with Gasteiger partial charge in [0.2, 0.25) is 0 Å². The van der Waals surface area contributed by atoms with Crippen LogP contribution < -0.4 is 5.73 Å². The minimum absolute atomic E-state index is 0. The fraction of sp³-hybridized carbons (Fsp3) is 0.647. The van der Waals surface area contributed by atoms with Crippen LogP contribution in [0.5, 0.6) is 0 Å². The van der Waals surface area contributed by atoms with Crippen molar-refractivity contribution in [1.82, 2.24) is 0 Å². The summed E-state index contributed by atoms with van der Waals surface area (Å²) in [5, 5.41) is 20.9. The van der Waals surface area contributed by atoms with E-state index < -0.39 is 24.8 Å². The predicted molar refractivity (Wildman–Crippen MR) is 94.1 cm³/mol. The molecule has 4 N–H and O–H groups in total. The monoisotopic (exact) mass is 339 g/mol. The normalized spacial score (nSPS) is 35.7. The van der Waals surface area contributed by atoms with Gasteiger partial charge in [0.15, 0.2) is 0 Å². The zero-order chi connectivity index (χ0) is 16.1. The van der Waals surface area contributed by atoms with Crippen LogP contribution in [0.1, 0.15) is 45.1 Å². The number of hydrogen-bond donors (Lipinski definition) is 3. The molecule has 2 bridgehead atoms. The smallest absolute Gasteiger partial charge is 0.426 e. The second kappa shape index (κ2) is 6.38. The quantitative estimate of drug-likeness (QED) is 0.736. The molecule has 3 aliphatic carbocycles. The first kappa shape index (κ1) is 18.7. The molecule has 0 amide bonds. The van der Waals surface area contributed by atoms with Crippen LogP contribution in [-0.2, 0) is 4.65 Å². The maximum atomic E-state index is 10.5. The van der Waals surface area contributed by atoms with Crippen molar-refractivity contribution in [2.75, 3.05) is 0 Å². The predicted octanol–water partition coefficient (Wildman–Crippen LogP) is 2.33. The van der Waals surface area contributed by atoms with E-state index in [4.69, 9.17) is 10.4 Å². The molecule has 1 aromatic rings. The van der Waals surface area contributed by atoms with Crippen molar-refractivity contribution in [3.8, 4) is 0 Å². The van der Waals surface area contributed by atoms with E-state index in [-0.39, 0.29) is 23.7 Å². The number of halogens is 1. The van der Waals surface area contributed by atoms with Crippen LogP contribution >= 0.6 is 12.4 Å². The van der Waals surface area contributed by atoms with Crippen LogP contribution in [0.3, 0.4) is 0 Å². The Hall–Kier alpha value is -0.585. The molecule has 0 aliphatic heterocycles. The van der Waals surface area contributed by atoms with Gasteiger partial charge in [0.1, 0.15) is 0 Å². The van der Waals surface area contributed by atoms with Crippen LogP contribution in [-0.4, -0.2) is 29.0 Å². The van der Waals surface area contributed by atoms with Crippen molar-refractivity contribution in [3.05, 3.63) is 35.9 Å². The summed E-state index contributed by atoms with van der Waals surface area (Å²) in [5.41, 5.74) is 6.36. The van der Waals surface area contributed by atoms with E-state index in [1.807, 2.05) is 37.3 Å². The summed E-state index contributed by atoms with van der Waals surface area (Å²) in [7, 11) is -1.13. The standard InChI is InChI=1S/C17H26BNO3.ClH/c1-16(2)12-9-13(16)17(3,14(20)10-12)22-18(21)15(19)11-7-5-4-6-8-11;/h4-8,12-15,20-21H,9-10,19H2,1-3H3;1H/t12-,13-,14+,15-,17-;/m1./s1. The van der Waals surface area contributed by atoms with Crippen LogP contribution in [0.25, 0.3) is 0 Å². The number of fused-ring (bicyclic) bond motifs is 2. The first-order valence-corrected chi connectivity index (χ1v) is 8.11. The number of benzene rings is 1. The minimum atomic E-state index is -1.13. The Bertz CT molecular complexity index is 544. The molecule has 0 radical (unpaired) electrons. The van der Waals surface area contributed by atoms with Crippen molar-refractivity contribution in [2.45, 2.75) is 51.3 Å². The first-order chi connectivity index (χ1) is 10.3. The molecule has 5 atom stereocenters. The number of nitrogens with two attached hydrogens (primary N) is 1. The van der Waals surface area contributed by atoms with Crippen molar-refractivity contribution in [2.24, 2.45) is 23.0 Å². The summed E-state index contributed by atoms with van der Waals surface area (Å²) < 4.78 is 5.97. The molecular formula is C17H27BClNO3. The van der Waals surface area contributed by atoms with Gasteiger partial charge in [-0.05, 0) is 42.6 Å². The zero-order valence-electron chi connectivity index (χ0n) is 14.0.